The second-order valence-electron chi connectivity index (χ2n) is 7.72. The van der Waals surface area contributed by atoms with Crippen LogP contribution in [-0.2, 0) is 4.43 Å². The molecule has 0 aromatic carbocycles. The van der Waals surface area contributed by atoms with Crippen molar-refractivity contribution in [3.05, 3.63) is 21.6 Å². The van der Waals surface area contributed by atoms with Gasteiger partial charge in [-0.1, -0.05) is 13.8 Å². The van der Waals surface area contributed by atoms with E-state index in [1.165, 1.54) is 0 Å². The summed E-state index contributed by atoms with van der Waals surface area (Å²) in [7, 11) is -1.63. The first kappa shape index (κ1) is 20.1. The Kier molecular flexibility index (Phi) is 6.76. The van der Waals surface area contributed by atoms with Crippen LogP contribution in [0.5, 0.6) is 0 Å². The van der Waals surface area contributed by atoms with E-state index in [0.29, 0.717) is 12.0 Å². The van der Waals surface area contributed by atoms with E-state index in [1.807, 2.05) is 0 Å². The van der Waals surface area contributed by atoms with Gasteiger partial charge >= 0.3 is 5.69 Å². The van der Waals surface area contributed by atoms with E-state index in [9.17, 15) is 10.1 Å². The quantitative estimate of drug-likeness (QED) is 0.317. The van der Waals surface area contributed by atoms with Crippen LogP contribution in [0.15, 0.2) is 6.20 Å². The smallest absolute Gasteiger partial charge is 0.329 e. The lowest BCUT2D eigenvalue weighted by molar-refractivity contribution is -0.384. The van der Waals surface area contributed by atoms with E-state index in [-0.39, 0.29) is 22.8 Å². The highest BCUT2D eigenvalue weighted by molar-refractivity contribution is 6.71. The summed E-state index contributed by atoms with van der Waals surface area (Å²) in [5, 5.41) is 14.3. The van der Waals surface area contributed by atoms with Gasteiger partial charge in [-0.2, -0.15) is 4.98 Å². The molecule has 0 unspecified atom stereocenters. The van der Waals surface area contributed by atoms with E-state index in [4.69, 9.17) is 16.0 Å². The van der Waals surface area contributed by atoms with Gasteiger partial charge in [-0.3, -0.25) is 10.1 Å². The van der Waals surface area contributed by atoms with Crippen molar-refractivity contribution in [1.29, 1.82) is 0 Å². The Balaban J connectivity index is 1.91. The van der Waals surface area contributed by atoms with E-state index in [2.05, 4.69) is 42.2 Å². The van der Waals surface area contributed by atoms with Gasteiger partial charge in [0.25, 0.3) is 0 Å². The maximum absolute atomic E-state index is 11.1. The lowest BCUT2D eigenvalue weighted by Crippen LogP contribution is -2.39. The lowest BCUT2D eigenvalue weighted by Gasteiger charge is -2.35. The zero-order chi connectivity index (χ0) is 18.6. The maximum atomic E-state index is 11.1. The molecule has 0 amide bonds. The Hall–Kier alpha value is -1.25. The molecule has 0 atom stereocenters. The van der Waals surface area contributed by atoms with E-state index in [1.54, 1.807) is 0 Å². The van der Waals surface area contributed by atoms with Crippen LogP contribution in [0.3, 0.4) is 0 Å². The van der Waals surface area contributed by atoms with Crippen molar-refractivity contribution in [2.45, 2.75) is 70.8 Å². The molecule has 1 N–H and O–H groups in total. The highest BCUT2D eigenvalue weighted by Crippen LogP contribution is 2.30. The van der Waals surface area contributed by atoms with Crippen LogP contribution in [0.4, 0.5) is 11.5 Å². The molecule has 1 saturated carbocycles. The van der Waals surface area contributed by atoms with Crippen LogP contribution in [-0.4, -0.2) is 35.4 Å². The van der Waals surface area contributed by atoms with Crippen LogP contribution in [0, 0.1) is 16.0 Å². The number of nitro groups is 1. The molecule has 25 heavy (non-hydrogen) atoms. The van der Waals surface area contributed by atoms with Gasteiger partial charge in [0, 0.05) is 12.1 Å². The van der Waals surface area contributed by atoms with Crippen molar-refractivity contribution in [2.24, 2.45) is 5.92 Å². The first-order chi connectivity index (χ1) is 11.7. The SMILES string of the molecule is CC(C)C[Si](C)(C)OC1CCC(Nc2nc(Cl)ncc2[N+](=O)[O-])CC1. The Morgan fingerprint density at radius 1 is 1.40 bits per heavy atom. The molecule has 0 radical (unpaired) electrons. The monoisotopic (exact) mass is 386 g/mol. The minimum atomic E-state index is -1.63. The molecule has 0 aliphatic heterocycles. The summed E-state index contributed by atoms with van der Waals surface area (Å²) in [6.07, 6.45) is 5.15. The number of halogens is 1. The van der Waals surface area contributed by atoms with Crippen LogP contribution < -0.4 is 5.32 Å². The number of anilines is 1. The fourth-order valence-electron chi connectivity index (χ4n) is 3.59. The van der Waals surface area contributed by atoms with E-state index >= 15 is 0 Å². The van der Waals surface area contributed by atoms with Gasteiger partial charge in [-0.25, -0.2) is 4.98 Å². The lowest BCUT2D eigenvalue weighted by atomic mass is 9.93. The summed E-state index contributed by atoms with van der Waals surface area (Å²) in [4.78, 5) is 18.3. The molecule has 7 nitrogen and oxygen atoms in total. The molecule has 1 heterocycles. The highest BCUT2D eigenvalue weighted by atomic mass is 35.5. The summed E-state index contributed by atoms with van der Waals surface area (Å²) in [6.45, 7) is 9.03. The van der Waals surface area contributed by atoms with Crippen molar-refractivity contribution in [3.8, 4) is 0 Å². The Bertz CT molecular complexity index is 607. The van der Waals surface area contributed by atoms with E-state index in [0.717, 1.165) is 37.9 Å². The van der Waals surface area contributed by atoms with Crippen molar-refractivity contribution in [3.63, 3.8) is 0 Å². The summed E-state index contributed by atoms with van der Waals surface area (Å²) in [6, 6.07) is 1.30. The Labute approximate surface area is 154 Å². The molecule has 9 heteroatoms. The predicted octanol–water partition coefficient (Wildman–Crippen LogP) is 4.64. The van der Waals surface area contributed by atoms with Crippen molar-refractivity contribution >= 4 is 31.4 Å². The topological polar surface area (TPSA) is 90.2 Å². The van der Waals surface area contributed by atoms with Gasteiger partial charge in [0.05, 0.1) is 4.92 Å². The second kappa shape index (κ2) is 8.42. The molecule has 0 bridgehead atoms. The zero-order valence-electron chi connectivity index (χ0n) is 15.3. The Morgan fingerprint density at radius 2 is 2.04 bits per heavy atom. The molecular weight excluding hydrogens is 360 g/mol. The standard InChI is InChI=1S/C16H27ClN4O3Si/c1-11(2)10-25(3,4)24-13-7-5-12(6-8-13)19-15-14(21(22)23)9-18-16(17)20-15/h9,11-13H,5-8,10H2,1-4H3,(H,18,19,20). The maximum Gasteiger partial charge on any atom is 0.329 e. The third kappa shape index (κ3) is 6.20. The minimum absolute atomic E-state index is 0.00607. The molecule has 0 spiro atoms. The number of nitrogens with zero attached hydrogens (tertiary/aromatic N) is 3. The van der Waals surface area contributed by atoms with Gasteiger partial charge in [0.15, 0.2) is 8.32 Å². The van der Waals surface area contributed by atoms with Gasteiger partial charge in [0.1, 0.15) is 6.20 Å². The molecular formula is C16H27ClN4O3Si. The zero-order valence-corrected chi connectivity index (χ0v) is 17.0. The second-order valence-corrected chi connectivity index (χ2v) is 12.2. The number of hydrogen-bond acceptors (Lipinski definition) is 6. The summed E-state index contributed by atoms with van der Waals surface area (Å²) < 4.78 is 6.43. The van der Waals surface area contributed by atoms with Crippen LogP contribution in [0.25, 0.3) is 0 Å². The summed E-state index contributed by atoms with van der Waals surface area (Å²) >= 11 is 5.78. The predicted molar refractivity (Wildman–Crippen MR) is 102 cm³/mol. The van der Waals surface area contributed by atoms with Crippen LogP contribution in [0.1, 0.15) is 39.5 Å². The largest absolute Gasteiger partial charge is 0.414 e. The molecule has 1 aromatic rings. The first-order valence-corrected chi connectivity index (χ1v) is 12.3. The summed E-state index contributed by atoms with van der Waals surface area (Å²) in [5.74, 6) is 0.853. The van der Waals surface area contributed by atoms with Crippen LogP contribution >= 0.6 is 11.6 Å². The van der Waals surface area contributed by atoms with E-state index < -0.39 is 13.2 Å². The molecule has 2 rings (SSSR count). The number of hydrogen-bond donors (Lipinski definition) is 1. The third-order valence-electron chi connectivity index (χ3n) is 4.34. The molecule has 1 aliphatic carbocycles. The van der Waals surface area contributed by atoms with Gasteiger partial charge in [-0.05, 0) is 62.3 Å². The van der Waals surface area contributed by atoms with Crippen LogP contribution in [0.2, 0.25) is 24.4 Å². The third-order valence-corrected chi connectivity index (χ3v) is 7.29. The average molecular weight is 387 g/mol. The van der Waals surface area contributed by atoms with Gasteiger partial charge in [0.2, 0.25) is 11.1 Å². The normalized spacial score (nSPS) is 21.4. The van der Waals surface area contributed by atoms with Gasteiger partial charge in [-0.15, -0.1) is 0 Å². The number of rotatable bonds is 7. The minimum Gasteiger partial charge on any atom is -0.414 e. The molecule has 1 fully saturated rings. The molecule has 140 valence electrons. The fraction of sp³-hybridized carbons (Fsp3) is 0.750. The summed E-state index contributed by atoms with van der Waals surface area (Å²) in [5.41, 5.74) is -0.145. The fourth-order valence-corrected chi connectivity index (χ4v) is 6.93. The number of aromatic nitrogens is 2. The Morgan fingerprint density at radius 3 is 2.60 bits per heavy atom. The highest BCUT2D eigenvalue weighted by Gasteiger charge is 2.31. The van der Waals surface area contributed by atoms with Crippen molar-refractivity contribution in [1.82, 2.24) is 9.97 Å². The van der Waals surface area contributed by atoms with Gasteiger partial charge < -0.3 is 9.74 Å². The first-order valence-electron chi connectivity index (χ1n) is 8.77. The average Bonchev–Trinajstić information content (AvgIpc) is 2.47. The van der Waals surface area contributed by atoms with Crippen molar-refractivity contribution < 1.29 is 9.35 Å². The number of nitrogens with one attached hydrogen (secondary N) is 1. The van der Waals surface area contributed by atoms with Crippen molar-refractivity contribution in [2.75, 3.05) is 5.32 Å². The molecule has 0 saturated heterocycles. The molecule has 1 aromatic heterocycles. The molecule has 1 aliphatic rings.